The number of rotatable bonds is 3. The highest BCUT2D eigenvalue weighted by molar-refractivity contribution is 7.71. The lowest BCUT2D eigenvalue weighted by atomic mass is 10.5. The van der Waals surface area contributed by atoms with Gasteiger partial charge in [0.15, 0.2) is 10.6 Å². The molecule has 2 aromatic rings. The van der Waals surface area contributed by atoms with Gasteiger partial charge in [-0.2, -0.15) is 5.10 Å². The molecule has 2 heterocycles. The summed E-state index contributed by atoms with van der Waals surface area (Å²) in [6, 6.07) is 0. The van der Waals surface area contributed by atoms with Crippen LogP contribution in [0.25, 0.3) is 0 Å². The molecule has 0 aliphatic heterocycles. The minimum atomic E-state index is -0.148. The van der Waals surface area contributed by atoms with Crippen molar-refractivity contribution in [2.75, 3.05) is 0 Å². The highest BCUT2D eigenvalue weighted by Crippen LogP contribution is 2.04. The standard InChI is InChI=1S/C6H7N5OS2/c12-2-5-8-9-6(13)11(5)1-4-3-14-10-7-4/h3,12H,1-2H2,(H,9,13). The Morgan fingerprint density at radius 1 is 1.64 bits per heavy atom. The van der Waals surface area contributed by atoms with Gasteiger partial charge in [-0.1, -0.05) is 4.49 Å². The maximum atomic E-state index is 8.98. The second-order valence-corrected chi connectivity index (χ2v) is 3.58. The first-order chi connectivity index (χ1) is 6.81. The third-order valence-electron chi connectivity index (χ3n) is 1.70. The zero-order valence-electron chi connectivity index (χ0n) is 7.04. The van der Waals surface area contributed by atoms with Crippen LogP contribution >= 0.6 is 23.8 Å². The Balaban J connectivity index is 2.32. The average molecular weight is 229 g/mol. The summed E-state index contributed by atoms with van der Waals surface area (Å²) in [7, 11) is 0. The van der Waals surface area contributed by atoms with Crippen LogP contribution in [0.2, 0.25) is 0 Å². The first kappa shape index (κ1) is 9.44. The molecule has 74 valence electrons. The minimum Gasteiger partial charge on any atom is -0.388 e. The number of hydrogen-bond acceptors (Lipinski definition) is 6. The Bertz CT molecular complexity index is 459. The Kier molecular flexibility index (Phi) is 2.66. The van der Waals surface area contributed by atoms with E-state index >= 15 is 0 Å². The molecule has 0 bridgehead atoms. The lowest BCUT2D eigenvalue weighted by Gasteiger charge is -2.00. The zero-order chi connectivity index (χ0) is 9.97. The fraction of sp³-hybridized carbons (Fsp3) is 0.333. The van der Waals surface area contributed by atoms with Crippen molar-refractivity contribution in [2.45, 2.75) is 13.2 Å². The number of nitrogens with zero attached hydrogens (tertiary/aromatic N) is 4. The second kappa shape index (κ2) is 3.95. The van der Waals surface area contributed by atoms with E-state index in [0.29, 0.717) is 17.1 Å². The van der Waals surface area contributed by atoms with Gasteiger partial charge in [-0.05, 0) is 23.8 Å². The Morgan fingerprint density at radius 3 is 3.14 bits per heavy atom. The highest BCUT2D eigenvalue weighted by atomic mass is 32.1. The smallest absolute Gasteiger partial charge is 0.195 e. The normalized spacial score (nSPS) is 10.6. The summed E-state index contributed by atoms with van der Waals surface area (Å²) in [6.07, 6.45) is 0. The summed E-state index contributed by atoms with van der Waals surface area (Å²) < 4.78 is 5.90. The van der Waals surface area contributed by atoms with Gasteiger partial charge in [-0.15, -0.1) is 5.10 Å². The highest BCUT2D eigenvalue weighted by Gasteiger charge is 2.06. The van der Waals surface area contributed by atoms with Crippen LogP contribution in [0.1, 0.15) is 11.5 Å². The van der Waals surface area contributed by atoms with E-state index in [1.165, 1.54) is 11.5 Å². The average Bonchev–Trinajstić information content (AvgIpc) is 2.79. The number of aliphatic hydroxyl groups excluding tert-OH is 1. The van der Waals surface area contributed by atoms with E-state index in [1.54, 1.807) is 4.57 Å². The topological polar surface area (TPSA) is 79.6 Å². The van der Waals surface area contributed by atoms with Gasteiger partial charge >= 0.3 is 0 Å². The molecule has 0 saturated heterocycles. The van der Waals surface area contributed by atoms with Crippen molar-refractivity contribution in [3.8, 4) is 0 Å². The number of nitrogens with one attached hydrogen (secondary N) is 1. The monoisotopic (exact) mass is 229 g/mol. The Morgan fingerprint density at radius 2 is 2.50 bits per heavy atom. The van der Waals surface area contributed by atoms with E-state index in [-0.39, 0.29) is 6.61 Å². The Hall–Kier alpha value is -1.12. The van der Waals surface area contributed by atoms with E-state index in [4.69, 9.17) is 17.3 Å². The van der Waals surface area contributed by atoms with Crippen molar-refractivity contribution < 1.29 is 5.11 Å². The predicted molar refractivity (Wildman–Crippen MR) is 52.3 cm³/mol. The summed E-state index contributed by atoms with van der Waals surface area (Å²) in [5, 5.41) is 21.2. The summed E-state index contributed by atoms with van der Waals surface area (Å²) in [5.41, 5.74) is 0.808. The van der Waals surface area contributed by atoms with E-state index in [0.717, 1.165) is 5.69 Å². The molecule has 14 heavy (non-hydrogen) atoms. The largest absolute Gasteiger partial charge is 0.388 e. The SMILES string of the molecule is OCc1n[nH]c(=S)n1Cc1csnn1. The van der Waals surface area contributed by atoms with Gasteiger partial charge in [0.2, 0.25) is 0 Å². The van der Waals surface area contributed by atoms with Crippen LogP contribution in [-0.2, 0) is 13.2 Å². The molecule has 0 aliphatic rings. The minimum absolute atomic E-state index is 0.148. The van der Waals surface area contributed by atoms with Gasteiger partial charge in [0.05, 0.1) is 12.2 Å². The number of hydrogen-bond donors (Lipinski definition) is 2. The van der Waals surface area contributed by atoms with E-state index < -0.39 is 0 Å². The van der Waals surface area contributed by atoms with E-state index in [1.807, 2.05) is 5.38 Å². The summed E-state index contributed by atoms with van der Waals surface area (Å²) in [6.45, 7) is 0.340. The van der Waals surface area contributed by atoms with Crippen LogP contribution in [0.5, 0.6) is 0 Å². The van der Waals surface area contributed by atoms with Crippen molar-refractivity contribution in [1.29, 1.82) is 0 Å². The molecule has 8 heteroatoms. The van der Waals surface area contributed by atoms with Crippen LogP contribution in [0.15, 0.2) is 5.38 Å². The molecule has 2 rings (SSSR count). The lowest BCUT2D eigenvalue weighted by molar-refractivity contribution is 0.265. The fourth-order valence-corrected chi connectivity index (χ4v) is 1.71. The van der Waals surface area contributed by atoms with E-state index in [9.17, 15) is 0 Å². The molecule has 6 nitrogen and oxygen atoms in total. The fourth-order valence-electron chi connectivity index (χ4n) is 1.05. The first-order valence-electron chi connectivity index (χ1n) is 3.82. The van der Waals surface area contributed by atoms with Crippen molar-refractivity contribution in [1.82, 2.24) is 24.4 Å². The lowest BCUT2D eigenvalue weighted by Crippen LogP contribution is -2.05. The van der Waals surface area contributed by atoms with Crippen LogP contribution in [0, 0.1) is 4.77 Å². The van der Waals surface area contributed by atoms with Crippen molar-refractivity contribution in [3.63, 3.8) is 0 Å². The summed E-state index contributed by atoms with van der Waals surface area (Å²) in [5.74, 6) is 0.503. The maximum Gasteiger partial charge on any atom is 0.195 e. The molecule has 0 spiro atoms. The molecule has 0 aromatic carbocycles. The Labute approximate surface area is 88.4 Å². The quantitative estimate of drug-likeness (QED) is 0.742. The van der Waals surface area contributed by atoms with Crippen LogP contribution in [0.4, 0.5) is 0 Å². The van der Waals surface area contributed by atoms with Crippen molar-refractivity contribution >= 4 is 23.8 Å². The molecule has 0 fully saturated rings. The molecular formula is C6H7N5OS2. The van der Waals surface area contributed by atoms with Crippen molar-refractivity contribution in [3.05, 3.63) is 21.7 Å². The molecule has 2 aromatic heterocycles. The molecule has 0 aliphatic carbocycles. The predicted octanol–water partition coefficient (Wildman–Crippen LogP) is 0.333. The van der Waals surface area contributed by atoms with E-state index in [2.05, 4.69) is 19.8 Å². The van der Waals surface area contributed by atoms with Gasteiger partial charge < -0.3 is 5.11 Å². The molecular weight excluding hydrogens is 222 g/mol. The number of H-pyrrole nitrogens is 1. The van der Waals surface area contributed by atoms with Gasteiger partial charge in [0.25, 0.3) is 0 Å². The molecule has 0 radical (unpaired) electrons. The molecule has 0 saturated carbocycles. The zero-order valence-corrected chi connectivity index (χ0v) is 8.68. The molecule has 2 N–H and O–H groups in total. The summed E-state index contributed by atoms with van der Waals surface area (Å²) >= 11 is 6.28. The third kappa shape index (κ3) is 1.72. The van der Waals surface area contributed by atoms with Gasteiger partial charge in [-0.25, -0.2) is 0 Å². The van der Waals surface area contributed by atoms with Gasteiger partial charge in [0.1, 0.15) is 6.61 Å². The first-order valence-corrected chi connectivity index (χ1v) is 5.06. The van der Waals surface area contributed by atoms with Crippen LogP contribution in [-0.4, -0.2) is 29.5 Å². The second-order valence-electron chi connectivity index (χ2n) is 2.59. The summed E-state index contributed by atoms with van der Waals surface area (Å²) in [4.78, 5) is 0. The molecule has 0 atom stereocenters. The van der Waals surface area contributed by atoms with Gasteiger partial charge in [-0.3, -0.25) is 9.67 Å². The number of aliphatic hydroxyl groups is 1. The van der Waals surface area contributed by atoms with Crippen LogP contribution in [0.3, 0.4) is 0 Å². The van der Waals surface area contributed by atoms with Crippen LogP contribution < -0.4 is 0 Å². The number of aromatic nitrogens is 5. The number of aromatic amines is 1. The maximum absolute atomic E-state index is 8.98. The van der Waals surface area contributed by atoms with Crippen molar-refractivity contribution in [2.24, 2.45) is 0 Å². The molecule has 0 amide bonds. The van der Waals surface area contributed by atoms with Gasteiger partial charge in [0, 0.05) is 5.38 Å². The molecule has 0 unspecified atom stereocenters. The third-order valence-corrected chi connectivity index (χ3v) is 2.57.